The number of anilines is 1. The lowest BCUT2D eigenvalue weighted by Gasteiger charge is -2.10. The molecule has 152 valence electrons. The Morgan fingerprint density at radius 3 is 2.33 bits per heavy atom. The molecule has 0 aliphatic carbocycles. The van der Waals surface area contributed by atoms with Crippen LogP contribution in [0, 0.1) is 0 Å². The summed E-state index contributed by atoms with van der Waals surface area (Å²) in [6.07, 6.45) is 3.57. The fourth-order valence-electron chi connectivity index (χ4n) is 3.44. The minimum Gasteiger partial charge on any atom is -0.494 e. The van der Waals surface area contributed by atoms with Gasteiger partial charge in [0.2, 0.25) is 5.91 Å². The van der Waals surface area contributed by atoms with Gasteiger partial charge >= 0.3 is 0 Å². The molecule has 0 radical (unpaired) electrons. The van der Waals surface area contributed by atoms with E-state index in [9.17, 15) is 9.59 Å². The predicted octanol–water partition coefficient (Wildman–Crippen LogP) is 3.89. The van der Waals surface area contributed by atoms with Crippen LogP contribution in [0.3, 0.4) is 0 Å². The predicted molar refractivity (Wildman–Crippen MR) is 118 cm³/mol. The number of aromatic nitrogens is 2. The van der Waals surface area contributed by atoms with E-state index in [2.05, 4.69) is 5.32 Å². The number of benzene rings is 2. The first kappa shape index (κ1) is 19.5. The van der Waals surface area contributed by atoms with Crippen molar-refractivity contribution in [3.63, 3.8) is 0 Å². The smallest absolute Gasteiger partial charge is 0.275 e. The number of carbonyl (C=O) groups excluding carboxylic acids is 1. The average molecular weight is 401 g/mol. The first-order chi connectivity index (χ1) is 14.6. The molecule has 6 nitrogen and oxygen atoms in total. The van der Waals surface area contributed by atoms with Crippen molar-refractivity contribution in [2.24, 2.45) is 0 Å². The highest BCUT2D eigenvalue weighted by Gasteiger charge is 2.11. The summed E-state index contributed by atoms with van der Waals surface area (Å²) in [6, 6.07) is 20.9. The number of nitrogens with zero attached hydrogens (tertiary/aromatic N) is 2. The van der Waals surface area contributed by atoms with Crippen LogP contribution in [0.25, 0.3) is 10.9 Å². The third kappa shape index (κ3) is 4.27. The van der Waals surface area contributed by atoms with Crippen LogP contribution in [-0.4, -0.2) is 21.6 Å². The number of carbonyl (C=O) groups is 1. The van der Waals surface area contributed by atoms with Gasteiger partial charge in [0.1, 0.15) is 17.8 Å². The molecule has 2 aromatic heterocycles. The zero-order valence-electron chi connectivity index (χ0n) is 16.7. The van der Waals surface area contributed by atoms with Crippen molar-refractivity contribution in [3.05, 3.63) is 95.0 Å². The summed E-state index contributed by atoms with van der Waals surface area (Å²) in [4.78, 5) is 25.5. The second-order valence-electron chi connectivity index (χ2n) is 6.99. The molecular formula is C24H23N3O3. The minimum absolute atomic E-state index is 0.0570. The second-order valence-corrected chi connectivity index (χ2v) is 6.99. The van der Waals surface area contributed by atoms with E-state index in [-0.39, 0.29) is 18.0 Å². The maximum absolute atomic E-state index is 13.1. The second kappa shape index (κ2) is 8.69. The van der Waals surface area contributed by atoms with E-state index in [1.54, 1.807) is 30.5 Å². The Bertz CT molecular complexity index is 1210. The van der Waals surface area contributed by atoms with Gasteiger partial charge in [0, 0.05) is 30.0 Å². The van der Waals surface area contributed by atoms with Gasteiger partial charge in [-0.1, -0.05) is 30.3 Å². The van der Waals surface area contributed by atoms with Crippen LogP contribution in [0.15, 0.2) is 83.9 Å². The van der Waals surface area contributed by atoms with Gasteiger partial charge in [-0.2, -0.15) is 0 Å². The minimum atomic E-state index is -0.262. The van der Waals surface area contributed by atoms with Crippen molar-refractivity contribution in [2.75, 3.05) is 11.9 Å². The molecule has 0 fully saturated rings. The van der Waals surface area contributed by atoms with Crippen LogP contribution in [0.2, 0.25) is 0 Å². The standard InChI is InChI=1S/C24H23N3O3/c1-2-30-21-10-8-20(9-11-21)25-22(28)17-27-15-13-19-12-14-26(23(19)24(27)29)16-18-6-4-3-5-7-18/h3-15H,2,16-17H2,1H3,(H,25,28). The molecule has 30 heavy (non-hydrogen) atoms. The number of hydrogen-bond donors (Lipinski definition) is 1. The lowest BCUT2D eigenvalue weighted by molar-refractivity contribution is -0.116. The van der Waals surface area contributed by atoms with Crippen LogP contribution in [-0.2, 0) is 17.9 Å². The molecule has 1 N–H and O–H groups in total. The van der Waals surface area contributed by atoms with E-state index < -0.39 is 0 Å². The number of pyridine rings is 1. The Morgan fingerprint density at radius 2 is 1.63 bits per heavy atom. The van der Waals surface area contributed by atoms with E-state index >= 15 is 0 Å². The van der Waals surface area contributed by atoms with Crippen molar-refractivity contribution < 1.29 is 9.53 Å². The first-order valence-electron chi connectivity index (χ1n) is 9.89. The Balaban J connectivity index is 1.52. The van der Waals surface area contributed by atoms with Gasteiger partial charge in [0.05, 0.1) is 6.61 Å². The molecule has 0 saturated heterocycles. The maximum Gasteiger partial charge on any atom is 0.275 e. The normalized spacial score (nSPS) is 10.8. The topological polar surface area (TPSA) is 65.3 Å². The number of hydrogen-bond acceptors (Lipinski definition) is 3. The van der Waals surface area contributed by atoms with E-state index in [0.29, 0.717) is 24.4 Å². The van der Waals surface area contributed by atoms with E-state index in [4.69, 9.17) is 4.74 Å². The van der Waals surface area contributed by atoms with Crippen LogP contribution < -0.4 is 15.6 Å². The Labute approximate surface area is 174 Å². The zero-order valence-corrected chi connectivity index (χ0v) is 16.7. The van der Waals surface area contributed by atoms with Crippen LogP contribution in [0.5, 0.6) is 5.75 Å². The fraction of sp³-hybridized carbons (Fsp3) is 0.167. The van der Waals surface area contributed by atoms with Gasteiger partial charge in [-0.15, -0.1) is 0 Å². The van der Waals surface area contributed by atoms with Crippen molar-refractivity contribution in [3.8, 4) is 5.75 Å². The number of rotatable bonds is 7. The van der Waals surface area contributed by atoms with Crippen molar-refractivity contribution in [2.45, 2.75) is 20.0 Å². The lowest BCUT2D eigenvalue weighted by atomic mass is 10.2. The molecule has 0 bridgehead atoms. The number of nitrogens with one attached hydrogen (secondary N) is 1. The summed E-state index contributed by atoms with van der Waals surface area (Å²) in [5, 5.41) is 3.68. The molecular weight excluding hydrogens is 378 g/mol. The molecule has 0 atom stereocenters. The number of ether oxygens (including phenoxy) is 1. The van der Waals surface area contributed by atoms with Crippen molar-refractivity contribution in [1.29, 1.82) is 0 Å². The van der Waals surface area contributed by atoms with Crippen LogP contribution in [0.1, 0.15) is 12.5 Å². The molecule has 2 aromatic carbocycles. The molecule has 0 aliphatic rings. The molecule has 0 saturated carbocycles. The van der Waals surface area contributed by atoms with E-state index in [1.807, 2.05) is 60.2 Å². The quantitative estimate of drug-likeness (QED) is 0.511. The van der Waals surface area contributed by atoms with Crippen LogP contribution in [0.4, 0.5) is 5.69 Å². The summed E-state index contributed by atoms with van der Waals surface area (Å²) in [6.45, 7) is 3.05. The van der Waals surface area contributed by atoms with Crippen LogP contribution >= 0.6 is 0 Å². The molecule has 0 unspecified atom stereocenters. The summed E-state index contributed by atoms with van der Waals surface area (Å²) < 4.78 is 8.77. The Kier molecular flexibility index (Phi) is 5.66. The molecule has 4 aromatic rings. The SMILES string of the molecule is CCOc1ccc(NC(=O)Cn2ccc3ccn(Cc4ccccc4)c3c2=O)cc1. The summed E-state index contributed by atoms with van der Waals surface area (Å²) in [5.74, 6) is 0.484. The molecule has 0 spiro atoms. The van der Waals surface area contributed by atoms with Gasteiger partial charge in [-0.3, -0.25) is 9.59 Å². The highest BCUT2D eigenvalue weighted by molar-refractivity contribution is 5.90. The Morgan fingerprint density at radius 1 is 0.933 bits per heavy atom. The fourth-order valence-corrected chi connectivity index (χ4v) is 3.44. The van der Waals surface area contributed by atoms with Gasteiger partial charge in [-0.25, -0.2) is 0 Å². The van der Waals surface area contributed by atoms with Crippen molar-refractivity contribution in [1.82, 2.24) is 9.13 Å². The summed E-state index contributed by atoms with van der Waals surface area (Å²) in [5.41, 5.74) is 2.17. The first-order valence-corrected chi connectivity index (χ1v) is 9.89. The monoisotopic (exact) mass is 401 g/mol. The van der Waals surface area contributed by atoms with Gasteiger partial charge < -0.3 is 19.2 Å². The molecule has 6 heteroatoms. The highest BCUT2D eigenvalue weighted by Crippen LogP contribution is 2.16. The summed E-state index contributed by atoms with van der Waals surface area (Å²) in [7, 11) is 0. The van der Waals surface area contributed by atoms with E-state index in [0.717, 1.165) is 16.7 Å². The highest BCUT2D eigenvalue weighted by atomic mass is 16.5. The van der Waals surface area contributed by atoms with Gasteiger partial charge in [-0.05, 0) is 48.9 Å². The number of amides is 1. The lowest BCUT2D eigenvalue weighted by Crippen LogP contribution is -2.28. The van der Waals surface area contributed by atoms with Gasteiger partial charge in [0.15, 0.2) is 0 Å². The average Bonchev–Trinajstić information content (AvgIpc) is 3.16. The Hall–Kier alpha value is -3.80. The third-order valence-corrected chi connectivity index (χ3v) is 4.85. The van der Waals surface area contributed by atoms with Crippen molar-refractivity contribution >= 4 is 22.5 Å². The van der Waals surface area contributed by atoms with E-state index in [1.165, 1.54) is 4.57 Å². The molecule has 2 heterocycles. The molecule has 4 rings (SSSR count). The molecule has 1 amide bonds. The van der Waals surface area contributed by atoms with Gasteiger partial charge in [0.25, 0.3) is 5.56 Å². The molecule has 0 aliphatic heterocycles. The third-order valence-electron chi connectivity index (χ3n) is 4.85. The largest absolute Gasteiger partial charge is 0.494 e. The number of fused-ring (bicyclic) bond motifs is 1. The zero-order chi connectivity index (χ0) is 20.9. The maximum atomic E-state index is 13.1. The summed E-state index contributed by atoms with van der Waals surface area (Å²) >= 11 is 0.